The van der Waals surface area contributed by atoms with Crippen molar-refractivity contribution in [3.05, 3.63) is 29.8 Å². The summed E-state index contributed by atoms with van der Waals surface area (Å²) in [6.07, 6.45) is 0. The van der Waals surface area contributed by atoms with E-state index in [2.05, 4.69) is 0 Å². The van der Waals surface area contributed by atoms with E-state index in [-0.39, 0.29) is 0 Å². The van der Waals surface area contributed by atoms with Gasteiger partial charge in [-0.15, -0.1) is 0 Å². The van der Waals surface area contributed by atoms with Crippen molar-refractivity contribution in [1.82, 2.24) is 0 Å². The summed E-state index contributed by atoms with van der Waals surface area (Å²) >= 11 is 0. The second-order valence-electron chi connectivity index (χ2n) is 4.01. The standard InChI is InChI=1S/C14H23NO4/c1-16-6-7-17-8-9-18-10-11-19-12-13-2-4-14(15)5-3-13/h2-5H,6-12,15H2,1H3. The molecule has 19 heavy (non-hydrogen) atoms. The predicted octanol–water partition coefficient (Wildman–Crippen LogP) is 1.46. The molecule has 5 nitrogen and oxygen atoms in total. The third-order valence-corrected chi connectivity index (χ3v) is 2.42. The number of anilines is 1. The van der Waals surface area contributed by atoms with Crippen LogP contribution in [0.1, 0.15) is 5.56 Å². The van der Waals surface area contributed by atoms with E-state index in [9.17, 15) is 0 Å². The first-order valence-corrected chi connectivity index (χ1v) is 6.39. The fraction of sp³-hybridized carbons (Fsp3) is 0.571. The summed E-state index contributed by atoms with van der Waals surface area (Å²) in [5, 5.41) is 0. The van der Waals surface area contributed by atoms with Crippen molar-refractivity contribution in [2.75, 3.05) is 52.5 Å². The number of rotatable bonds is 11. The molecule has 1 rings (SSSR count). The van der Waals surface area contributed by atoms with Gasteiger partial charge in [0, 0.05) is 12.8 Å². The monoisotopic (exact) mass is 269 g/mol. The average Bonchev–Trinajstić information content (AvgIpc) is 2.43. The summed E-state index contributed by atoms with van der Waals surface area (Å²) in [6, 6.07) is 7.65. The molecule has 0 radical (unpaired) electrons. The molecule has 0 aromatic heterocycles. The SMILES string of the molecule is COCCOCCOCCOCc1ccc(N)cc1. The molecule has 0 amide bonds. The first-order valence-electron chi connectivity index (χ1n) is 6.39. The fourth-order valence-electron chi connectivity index (χ4n) is 1.39. The van der Waals surface area contributed by atoms with Gasteiger partial charge in [0.1, 0.15) is 0 Å². The Hall–Kier alpha value is -1.14. The zero-order valence-corrected chi connectivity index (χ0v) is 11.5. The van der Waals surface area contributed by atoms with Crippen LogP contribution < -0.4 is 5.73 Å². The number of hydrogen-bond acceptors (Lipinski definition) is 5. The lowest BCUT2D eigenvalue weighted by molar-refractivity contribution is 0.000870. The van der Waals surface area contributed by atoms with Crippen LogP contribution in [0, 0.1) is 0 Å². The number of nitrogen functional groups attached to an aromatic ring is 1. The van der Waals surface area contributed by atoms with Crippen LogP contribution in [0.25, 0.3) is 0 Å². The summed E-state index contributed by atoms with van der Waals surface area (Å²) in [5.74, 6) is 0. The van der Waals surface area contributed by atoms with E-state index in [0.29, 0.717) is 46.2 Å². The molecule has 0 aliphatic heterocycles. The lowest BCUT2D eigenvalue weighted by Gasteiger charge is -2.07. The lowest BCUT2D eigenvalue weighted by atomic mass is 10.2. The summed E-state index contributed by atoms with van der Waals surface area (Å²) in [7, 11) is 1.65. The number of nitrogens with two attached hydrogens (primary N) is 1. The largest absolute Gasteiger partial charge is 0.399 e. The number of benzene rings is 1. The summed E-state index contributed by atoms with van der Waals surface area (Å²) in [5.41, 5.74) is 7.47. The zero-order chi connectivity index (χ0) is 13.8. The summed E-state index contributed by atoms with van der Waals surface area (Å²) in [4.78, 5) is 0. The topological polar surface area (TPSA) is 62.9 Å². The maximum absolute atomic E-state index is 5.60. The third kappa shape index (κ3) is 8.56. The van der Waals surface area contributed by atoms with Crippen molar-refractivity contribution >= 4 is 5.69 Å². The summed E-state index contributed by atoms with van der Waals surface area (Å²) < 4.78 is 21.0. The van der Waals surface area contributed by atoms with Crippen LogP contribution in [-0.2, 0) is 25.6 Å². The van der Waals surface area contributed by atoms with Crippen LogP contribution in [0.5, 0.6) is 0 Å². The molecule has 0 unspecified atom stereocenters. The molecule has 0 aliphatic rings. The van der Waals surface area contributed by atoms with Crippen molar-refractivity contribution in [1.29, 1.82) is 0 Å². The van der Waals surface area contributed by atoms with E-state index in [1.165, 1.54) is 0 Å². The van der Waals surface area contributed by atoms with Crippen LogP contribution in [0.2, 0.25) is 0 Å². The molecule has 0 saturated heterocycles. The van der Waals surface area contributed by atoms with Crippen molar-refractivity contribution in [3.8, 4) is 0 Å². The molecule has 0 saturated carbocycles. The number of ether oxygens (including phenoxy) is 4. The number of hydrogen-bond donors (Lipinski definition) is 1. The quantitative estimate of drug-likeness (QED) is 0.487. The highest BCUT2D eigenvalue weighted by atomic mass is 16.6. The highest BCUT2D eigenvalue weighted by Gasteiger charge is 1.94. The van der Waals surface area contributed by atoms with Gasteiger partial charge in [-0.1, -0.05) is 12.1 Å². The van der Waals surface area contributed by atoms with Crippen LogP contribution >= 0.6 is 0 Å². The van der Waals surface area contributed by atoms with E-state index in [1.807, 2.05) is 24.3 Å². The van der Waals surface area contributed by atoms with Gasteiger partial charge in [0.05, 0.1) is 46.2 Å². The Kier molecular flexibility index (Phi) is 9.01. The van der Waals surface area contributed by atoms with Gasteiger partial charge in [-0.3, -0.25) is 0 Å². The molecule has 0 bridgehead atoms. The molecule has 0 fully saturated rings. The van der Waals surface area contributed by atoms with Gasteiger partial charge in [0.2, 0.25) is 0 Å². The van der Waals surface area contributed by atoms with Crippen LogP contribution in [0.15, 0.2) is 24.3 Å². The van der Waals surface area contributed by atoms with E-state index in [4.69, 9.17) is 24.7 Å². The lowest BCUT2D eigenvalue weighted by Crippen LogP contribution is -2.11. The first kappa shape index (κ1) is 15.9. The smallest absolute Gasteiger partial charge is 0.0718 e. The molecule has 0 aliphatic carbocycles. The van der Waals surface area contributed by atoms with Crippen molar-refractivity contribution in [2.45, 2.75) is 6.61 Å². The molecule has 0 heterocycles. The van der Waals surface area contributed by atoms with Crippen molar-refractivity contribution in [2.24, 2.45) is 0 Å². The van der Waals surface area contributed by atoms with Gasteiger partial charge in [-0.05, 0) is 17.7 Å². The molecule has 2 N–H and O–H groups in total. The Morgan fingerprint density at radius 2 is 1.32 bits per heavy atom. The molecule has 1 aromatic rings. The van der Waals surface area contributed by atoms with E-state index in [0.717, 1.165) is 11.3 Å². The minimum Gasteiger partial charge on any atom is -0.399 e. The normalized spacial score (nSPS) is 10.8. The van der Waals surface area contributed by atoms with Crippen LogP contribution in [0.3, 0.4) is 0 Å². The Morgan fingerprint density at radius 1 is 0.789 bits per heavy atom. The second kappa shape index (κ2) is 10.8. The van der Waals surface area contributed by atoms with Gasteiger partial charge in [-0.25, -0.2) is 0 Å². The molecule has 108 valence electrons. The van der Waals surface area contributed by atoms with Gasteiger partial charge in [0.25, 0.3) is 0 Å². The van der Waals surface area contributed by atoms with E-state index >= 15 is 0 Å². The Balaban J connectivity index is 1.87. The minimum absolute atomic E-state index is 0.572. The molecular weight excluding hydrogens is 246 g/mol. The molecule has 0 spiro atoms. The maximum Gasteiger partial charge on any atom is 0.0718 e. The van der Waals surface area contributed by atoms with Gasteiger partial charge in [0.15, 0.2) is 0 Å². The highest BCUT2D eigenvalue weighted by molar-refractivity contribution is 5.39. The third-order valence-electron chi connectivity index (χ3n) is 2.42. The first-order chi connectivity index (χ1) is 9.33. The van der Waals surface area contributed by atoms with Gasteiger partial charge >= 0.3 is 0 Å². The van der Waals surface area contributed by atoms with Crippen LogP contribution in [0.4, 0.5) is 5.69 Å². The van der Waals surface area contributed by atoms with Crippen molar-refractivity contribution in [3.63, 3.8) is 0 Å². The van der Waals surface area contributed by atoms with E-state index < -0.39 is 0 Å². The van der Waals surface area contributed by atoms with E-state index in [1.54, 1.807) is 7.11 Å². The highest BCUT2D eigenvalue weighted by Crippen LogP contribution is 2.06. The number of methoxy groups -OCH3 is 1. The zero-order valence-electron chi connectivity index (χ0n) is 11.5. The minimum atomic E-state index is 0.572. The Morgan fingerprint density at radius 3 is 1.89 bits per heavy atom. The van der Waals surface area contributed by atoms with Crippen molar-refractivity contribution < 1.29 is 18.9 Å². The molecule has 0 atom stereocenters. The Bertz CT molecular complexity index is 316. The fourth-order valence-corrected chi connectivity index (χ4v) is 1.39. The molecular formula is C14H23NO4. The molecule has 5 heteroatoms. The summed E-state index contributed by atoms with van der Waals surface area (Å²) in [6.45, 7) is 4.10. The van der Waals surface area contributed by atoms with Gasteiger partial charge < -0.3 is 24.7 Å². The van der Waals surface area contributed by atoms with Crippen LogP contribution in [-0.4, -0.2) is 46.8 Å². The predicted molar refractivity (Wildman–Crippen MR) is 74.0 cm³/mol. The maximum atomic E-state index is 5.60. The average molecular weight is 269 g/mol. The second-order valence-corrected chi connectivity index (χ2v) is 4.01. The van der Waals surface area contributed by atoms with Gasteiger partial charge in [-0.2, -0.15) is 0 Å². The molecule has 1 aromatic carbocycles. The Labute approximate surface area is 114 Å².